The van der Waals surface area contributed by atoms with Gasteiger partial charge in [-0.25, -0.2) is 18.1 Å². The van der Waals surface area contributed by atoms with Gasteiger partial charge in [0, 0.05) is 11.3 Å². The van der Waals surface area contributed by atoms with Crippen molar-refractivity contribution >= 4 is 38.3 Å². The van der Waals surface area contributed by atoms with Crippen molar-refractivity contribution in [2.75, 3.05) is 18.5 Å². The Morgan fingerprint density at radius 3 is 2.58 bits per heavy atom. The Morgan fingerprint density at radius 2 is 2.11 bits per heavy atom. The standard InChI is InChI=1S/C11H19N3O2S3/c1-8-9(18-10(12)14-8)19(15,16)13-7-11(17-2)5-3-4-6-11/h13H,3-7H2,1-2H3,(H2,12,14). The molecule has 1 aromatic rings. The lowest BCUT2D eigenvalue weighted by atomic mass is 10.1. The molecule has 0 bridgehead atoms. The molecule has 108 valence electrons. The molecule has 0 atom stereocenters. The number of aromatic nitrogens is 1. The quantitative estimate of drug-likeness (QED) is 0.866. The summed E-state index contributed by atoms with van der Waals surface area (Å²) >= 11 is 2.78. The SMILES string of the molecule is CSC1(CNS(=O)(=O)c2sc(N)nc2C)CCCC1. The molecule has 3 N–H and O–H groups in total. The zero-order chi connectivity index (χ0) is 14.1. The second-order valence-electron chi connectivity index (χ2n) is 4.84. The maximum atomic E-state index is 12.3. The highest BCUT2D eigenvalue weighted by atomic mass is 32.2. The Labute approximate surface area is 122 Å². The van der Waals surface area contributed by atoms with Gasteiger partial charge in [0.25, 0.3) is 10.0 Å². The third-order valence-corrected chi connectivity index (χ3v) is 7.96. The van der Waals surface area contributed by atoms with Gasteiger partial charge in [0.15, 0.2) is 9.34 Å². The number of nitrogens with one attached hydrogen (secondary N) is 1. The summed E-state index contributed by atoms with van der Waals surface area (Å²) in [6, 6.07) is 0. The number of aryl methyl sites for hydroxylation is 1. The molecule has 1 fully saturated rings. The summed E-state index contributed by atoms with van der Waals surface area (Å²) in [7, 11) is -3.49. The van der Waals surface area contributed by atoms with Crippen molar-refractivity contribution in [3.8, 4) is 0 Å². The van der Waals surface area contributed by atoms with Crippen LogP contribution < -0.4 is 10.5 Å². The molecule has 5 nitrogen and oxygen atoms in total. The normalized spacial score (nSPS) is 18.8. The van der Waals surface area contributed by atoms with E-state index < -0.39 is 10.0 Å². The minimum Gasteiger partial charge on any atom is -0.375 e. The lowest BCUT2D eigenvalue weighted by Crippen LogP contribution is -2.38. The fourth-order valence-corrected chi connectivity index (χ4v) is 5.89. The van der Waals surface area contributed by atoms with Gasteiger partial charge in [-0.1, -0.05) is 24.2 Å². The zero-order valence-corrected chi connectivity index (χ0v) is 13.6. The van der Waals surface area contributed by atoms with E-state index in [4.69, 9.17) is 5.73 Å². The molecule has 19 heavy (non-hydrogen) atoms. The van der Waals surface area contributed by atoms with Crippen LogP contribution in [0.5, 0.6) is 0 Å². The average Bonchev–Trinajstić information content (AvgIpc) is 2.95. The van der Waals surface area contributed by atoms with Crippen LogP contribution in [0.15, 0.2) is 4.21 Å². The number of nitrogen functional groups attached to an aromatic ring is 1. The second kappa shape index (κ2) is 5.59. The summed E-state index contributed by atoms with van der Waals surface area (Å²) < 4.78 is 27.6. The van der Waals surface area contributed by atoms with Crippen LogP contribution in [0.4, 0.5) is 5.13 Å². The Balaban J connectivity index is 2.12. The summed E-state index contributed by atoms with van der Waals surface area (Å²) in [5.41, 5.74) is 6.03. The van der Waals surface area contributed by atoms with Crippen molar-refractivity contribution in [3.63, 3.8) is 0 Å². The van der Waals surface area contributed by atoms with Crippen molar-refractivity contribution in [2.45, 2.75) is 41.6 Å². The fourth-order valence-electron chi connectivity index (χ4n) is 2.42. The molecule has 0 spiro atoms. The van der Waals surface area contributed by atoms with E-state index in [0.717, 1.165) is 24.2 Å². The van der Waals surface area contributed by atoms with Gasteiger partial charge in [0.05, 0.1) is 5.69 Å². The van der Waals surface area contributed by atoms with Gasteiger partial charge in [-0.2, -0.15) is 11.8 Å². The Morgan fingerprint density at radius 1 is 1.47 bits per heavy atom. The number of nitrogens with two attached hydrogens (primary N) is 1. The van der Waals surface area contributed by atoms with E-state index >= 15 is 0 Å². The summed E-state index contributed by atoms with van der Waals surface area (Å²) in [6.07, 6.45) is 6.54. The lowest BCUT2D eigenvalue weighted by molar-refractivity contribution is 0.552. The smallest absolute Gasteiger partial charge is 0.252 e. The van der Waals surface area contributed by atoms with Gasteiger partial charge in [-0.05, 0) is 26.0 Å². The fraction of sp³-hybridized carbons (Fsp3) is 0.727. The molecule has 1 aliphatic carbocycles. The number of nitrogens with zero attached hydrogens (tertiary/aromatic N) is 1. The van der Waals surface area contributed by atoms with Gasteiger partial charge in [0.2, 0.25) is 0 Å². The maximum Gasteiger partial charge on any atom is 0.252 e. The second-order valence-corrected chi connectivity index (χ2v) is 9.11. The third-order valence-electron chi connectivity index (χ3n) is 3.55. The first-order chi connectivity index (χ1) is 8.88. The molecular weight excluding hydrogens is 302 g/mol. The molecule has 0 saturated heterocycles. The molecule has 0 unspecified atom stereocenters. The zero-order valence-electron chi connectivity index (χ0n) is 11.1. The maximum absolute atomic E-state index is 12.3. The average molecular weight is 321 g/mol. The minimum atomic E-state index is -3.49. The van der Waals surface area contributed by atoms with E-state index in [-0.39, 0.29) is 8.96 Å². The van der Waals surface area contributed by atoms with Crippen LogP contribution in [0.2, 0.25) is 0 Å². The highest BCUT2D eigenvalue weighted by Crippen LogP contribution is 2.40. The predicted molar refractivity (Wildman–Crippen MR) is 81.2 cm³/mol. The molecular formula is C11H19N3O2S3. The number of anilines is 1. The molecule has 0 aromatic carbocycles. The molecule has 1 aromatic heterocycles. The van der Waals surface area contributed by atoms with E-state index in [1.807, 2.05) is 0 Å². The molecule has 1 aliphatic rings. The molecule has 0 amide bonds. The van der Waals surface area contributed by atoms with Gasteiger partial charge < -0.3 is 5.73 Å². The molecule has 0 aliphatic heterocycles. The Hall–Kier alpha value is -0.310. The Bertz CT molecular complexity index is 548. The van der Waals surface area contributed by atoms with Crippen LogP contribution in [0.25, 0.3) is 0 Å². The number of thiazole rings is 1. The minimum absolute atomic E-state index is 0.0528. The van der Waals surface area contributed by atoms with Crippen molar-refractivity contribution < 1.29 is 8.42 Å². The van der Waals surface area contributed by atoms with Crippen molar-refractivity contribution in [3.05, 3.63) is 5.69 Å². The van der Waals surface area contributed by atoms with Gasteiger partial charge in [-0.15, -0.1) is 0 Å². The molecule has 1 heterocycles. The summed E-state index contributed by atoms with van der Waals surface area (Å²) in [5.74, 6) is 0. The van der Waals surface area contributed by atoms with Crippen LogP contribution >= 0.6 is 23.1 Å². The number of sulfonamides is 1. The van der Waals surface area contributed by atoms with E-state index in [1.54, 1.807) is 18.7 Å². The topological polar surface area (TPSA) is 85.1 Å². The van der Waals surface area contributed by atoms with E-state index in [0.29, 0.717) is 17.4 Å². The van der Waals surface area contributed by atoms with Crippen LogP contribution in [-0.4, -0.2) is 30.9 Å². The van der Waals surface area contributed by atoms with Gasteiger partial charge in [0.1, 0.15) is 0 Å². The number of hydrogen-bond donors (Lipinski definition) is 2. The summed E-state index contributed by atoms with van der Waals surface area (Å²) in [5, 5.41) is 0.290. The Kier molecular flexibility index (Phi) is 4.44. The van der Waals surface area contributed by atoms with E-state index in [9.17, 15) is 8.42 Å². The van der Waals surface area contributed by atoms with Crippen molar-refractivity contribution in [2.24, 2.45) is 0 Å². The highest BCUT2D eigenvalue weighted by molar-refractivity contribution is 8.00. The monoisotopic (exact) mass is 321 g/mol. The lowest BCUT2D eigenvalue weighted by Gasteiger charge is -2.26. The van der Waals surface area contributed by atoms with Crippen molar-refractivity contribution in [1.29, 1.82) is 0 Å². The number of hydrogen-bond acceptors (Lipinski definition) is 6. The van der Waals surface area contributed by atoms with Crippen LogP contribution in [0, 0.1) is 6.92 Å². The highest BCUT2D eigenvalue weighted by Gasteiger charge is 2.34. The first kappa shape index (κ1) is 15.1. The van der Waals surface area contributed by atoms with Crippen LogP contribution in [-0.2, 0) is 10.0 Å². The van der Waals surface area contributed by atoms with Gasteiger partial charge >= 0.3 is 0 Å². The van der Waals surface area contributed by atoms with Gasteiger partial charge in [-0.3, -0.25) is 0 Å². The van der Waals surface area contributed by atoms with E-state index in [1.165, 1.54) is 12.8 Å². The molecule has 1 saturated carbocycles. The number of rotatable bonds is 5. The van der Waals surface area contributed by atoms with Crippen LogP contribution in [0.3, 0.4) is 0 Å². The molecule has 2 rings (SSSR count). The first-order valence-corrected chi connectivity index (χ1v) is 9.69. The summed E-state index contributed by atoms with van der Waals surface area (Å²) in [4.78, 5) is 3.97. The predicted octanol–water partition coefficient (Wildman–Crippen LogP) is 1.99. The molecule has 0 radical (unpaired) electrons. The summed E-state index contributed by atoms with van der Waals surface area (Å²) in [6.45, 7) is 2.15. The number of thioether (sulfide) groups is 1. The van der Waals surface area contributed by atoms with Crippen LogP contribution in [0.1, 0.15) is 31.4 Å². The van der Waals surface area contributed by atoms with Crippen molar-refractivity contribution in [1.82, 2.24) is 9.71 Å². The third kappa shape index (κ3) is 3.24. The largest absolute Gasteiger partial charge is 0.375 e. The molecule has 8 heteroatoms. The first-order valence-electron chi connectivity index (χ1n) is 6.16. The van der Waals surface area contributed by atoms with E-state index in [2.05, 4.69) is 16.0 Å².